The Hall–Kier alpha value is -1.71. The lowest BCUT2D eigenvalue weighted by Gasteiger charge is -2.32. The average Bonchev–Trinajstić information content (AvgIpc) is 3.38. The number of nitrogens with one attached hydrogen (secondary N) is 2. The van der Waals surface area contributed by atoms with Crippen molar-refractivity contribution < 1.29 is 9.59 Å². The summed E-state index contributed by atoms with van der Waals surface area (Å²) in [4.78, 5) is 34.6. The van der Waals surface area contributed by atoms with Gasteiger partial charge in [0.2, 0.25) is 0 Å². The molecule has 33 heavy (non-hydrogen) atoms. The van der Waals surface area contributed by atoms with E-state index in [-0.39, 0.29) is 36.3 Å². The van der Waals surface area contributed by atoms with Gasteiger partial charge in [0.05, 0.1) is 10.6 Å². The maximum atomic E-state index is 13.0. The van der Waals surface area contributed by atoms with Gasteiger partial charge in [-0.2, -0.15) is 0 Å². The lowest BCUT2D eigenvalue weighted by Crippen LogP contribution is -2.53. The number of carbonyl (C=O) groups is 2. The molecule has 0 unspecified atom stereocenters. The number of halogens is 2. The predicted molar refractivity (Wildman–Crippen MR) is 137 cm³/mol. The first-order valence-corrected chi connectivity index (χ1v) is 13.0. The van der Waals surface area contributed by atoms with Gasteiger partial charge in [0.25, 0.3) is 11.8 Å². The molecule has 2 atom stereocenters. The van der Waals surface area contributed by atoms with Gasteiger partial charge in [-0.15, -0.1) is 35.1 Å². The first kappa shape index (κ1) is 24.4. The van der Waals surface area contributed by atoms with Crippen LogP contribution in [0.15, 0.2) is 24.3 Å². The van der Waals surface area contributed by atoms with Crippen LogP contribution in [0.4, 0.5) is 0 Å². The van der Waals surface area contributed by atoms with Gasteiger partial charge in [-0.25, -0.2) is 4.98 Å². The molecule has 5 rings (SSSR count). The normalized spacial score (nSPS) is 20.7. The molecule has 1 fully saturated rings. The summed E-state index contributed by atoms with van der Waals surface area (Å²) in [6, 6.07) is 7.37. The minimum Gasteiger partial charge on any atom is -0.347 e. The highest BCUT2D eigenvalue weighted by Gasteiger charge is 2.30. The summed E-state index contributed by atoms with van der Waals surface area (Å²) in [6.45, 7) is 1.82. The molecule has 3 aromatic rings. The molecule has 3 heterocycles. The smallest absolute Gasteiger partial charge is 0.280 e. The number of amides is 2. The first-order valence-electron chi connectivity index (χ1n) is 10.9. The molecule has 0 saturated heterocycles. The molecule has 0 bridgehead atoms. The van der Waals surface area contributed by atoms with Gasteiger partial charge in [0, 0.05) is 46.2 Å². The second-order valence-electron chi connectivity index (χ2n) is 8.61. The monoisotopic (exact) mass is 524 g/mol. The zero-order chi connectivity index (χ0) is 22.2. The molecule has 1 saturated carbocycles. The number of thiophene rings is 1. The SMILES string of the molecule is CN1CCc2nc(C(=O)N[C@H]3CCCC[C@@H]3NC(=O)c3cc4ccc(Cl)cc4s3)sc2C1.Cl. The van der Waals surface area contributed by atoms with Crippen LogP contribution in [-0.4, -0.2) is 47.4 Å². The predicted octanol–water partition coefficient (Wildman–Crippen LogP) is 4.89. The topological polar surface area (TPSA) is 74.3 Å². The van der Waals surface area contributed by atoms with E-state index >= 15 is 0 Å². The first-order chi connectivity index (χ1) is 15.5. The van der Waals surface area contributed by atoms with Crippen LogP contribution in [0.1, 0.15) is 55.7 Å². The molecular formula is C23H26Cl2N4O2S2. The van der Waals surface area contributed by atoms with E-state index in [1.54, 1.807) is 0 Å². The third kappa shape index (κ3) is 5.35. The van der Waals surface area contributed by atoms with E-state index in [0.29, 0.717) is 14.9 Å². The second kappa shape index (κ2) is 10.3. The van der Waals surface area contributed by atoms with Crippen molar-refractivity contribution in [2.45, 2.75) is 50.7 Å². The number of benzene rings is 1. The molecule has 1 aromatic carbocycles. The fourth-order valence-corrected chi connectivity index (χ4v) is 6.82. The molecule has 2 aromatic heterocycles. The summed E-state index contributed by atoms with van der Waals surface area (Å²) in [6.07, 6.45) is 4.67. The van der Waals surface area contributed by atoms with Gasteiger partial charge >= 0.3 is 0 Å². The Labute approximate surface area is 212 Å². The van der Waals surface area contributed by atoms with Gasteiger partial charge in [-0.3, -0.25) is 9.59 Å². The van der Waals surface area contributed by atoms with Gasteiger partial charge in [-0.05, 0) is 43.5 Å². The van der Waals surface area contributed by atoms with Crippen molar-refractivity contribution in [2.24, 2.45) is 0 Å². The van der Waals surface area contributed by atoms with Crippen LogP contribution in [0.25, 0.3) is 10.1 Å². The standard InChI is InChI=1S/C23H25ClN4O2S2.ClH/c1-28-9-8-17-20(12-28)32-23(27-17)22(30)26-16-5-3-2-4-15(16)25-21(29)19-10-13-6-7-14(24)11-18(13)31-19;/h6-7,10-11,15-16H,2-5,8-9,12H2,1H3,(H,25,29)(H,26,30);1H/t15-,16-;/m0./s1. The third-order valence-electron chi connectivity index (χ3n) is 6.22. The van der Waals surface area contributed by atoms with Crippen LogP contribution in [0.2, 0.25) is 5.02 Å². The minimum atomic E-state index is -0.130. The van der Waals surface area contributed by atoms with E-state index in [2.05, 4.69) is 27.6 Å². The summed E-state index contributed by atoms with van der Waals surface area (Å²) in [5.74, 6) is -0.226. The third-order valence-corrected chi connectivity index (χ3v) is 8.63. The van der Waals surface area contributed by atoms with Crippen molar-refractivity contribution in [1.82, 2.24) is 20.5 Å². The number of rotatable bonds is 4. The van der Waals surface area contributed by atoms with E-state index in [9.17, 15) is 9.59 Å². The number of likely N-dealkylation sites (N-methyl/N-ethyl adjacent to an activating group) is 1. The molecule has 0 radical (unpaired) electrons. The average molecular weight is 526 g/mol. The molecule has 176 valence electrons. The van der Waals surface area contributed by atoms with Gasteiger partial charge in [0.15, 0.2) is 5.01 Å². The largest absolute Gasteiger partial charge is 0.347 e. The van der Waals surface area contributed by atoms with Crippen molar-refractivity contribution >= 4 is 68.6 Å². The number of thiazole rings is 1. The van der Waals surface area contributed by atoms with E-state index in [4.69, 9.17) is 11.6 Å². The van der Waals surface area contributed by atoms with Crippen LogP contribution in [-0.2, 0) is 13.0 Å². The van der Waals surface area contributed by atoms with Gasteiger partial charge in [-0.1, -0.05) is 30.5 Å². The molecule has 6 nitrogen and oxygen atoms in total. The van der Waals surface area contributed by atoms with Crippen molar-refractivity contribution in [3.05, 3.63) is 49.7 Å². The molecule has 2 aliphatic rings. The van der Waals surface area contributed by atoms with Crippen molar-refractivity contribution in [1.29, 1.82) is 0 Å². The number of carbonyl (C=O) groups excluding carboxylic acids is 2. The van der Waals surface area contributed by atoms with E-state index in [1.165, 1.54) is 27.6 Å². The lowest BCUT2D eigenvalue weighted by atomic mass is 9.90. The van der Waals surface area contributed by atoms with Crippen LogP contribution < -0.4 is 10.6 Å². The summed E-state index contributed by atoms with van der Waals surface area (Å²) in [7, 11) is 2.09. The quantitative estimate of drug-likeness (QED) is 0.509. The molecule has 0 spiro atoms. The summed E-state index contributed by atoms with van der Waals surface area (Å²) < 4.78 is 0.995. The highest BCUT2D eigenvalue weighted by Crippen LogP contribution is 2.29. The minimum absolute atomic E-state index is 0. The van der Waals surface area contributed by atoms with E-state index in [0.717, 1.165) is 61.0 Å². The van der Waals surface area contributed by atoms with Crippen molar-refractivity contribution in [3.63, 3.8) is 0 Å². The Bertz CT molecular complexity index is 1180. The van der Waals surface area contributed by atoms with Crippen LogP contribution >= 0.6 is 46.7 Å². The zero-order valence-electron chi connectivity index (χ0n) is 18.2. The molecule has 2 N–H and O–H groups in total. The summed E-state index contributed by atoms with van der Waals surface area (Å²) >= 11 is 9.01. The maximum Gasteiger partial charge on any atom is 0.280 e. The maximum absolute atomic E-state index is 13.0. The van der Waals surface area contributed by atoms with Crippen LogP contribution in [0, 0.1) is 0 Å². The molecular weight excluding hydrogens is 499 g/mol. The number of nitrogens with zero attached hydrogens (tertiary/aromatic N) is 2. The fourth-order valence-electron chi connectivity index (χ4n) is 4.48. The Morgan fingerprint density at radius 2 is 1.82 bits per heavy atom. The number of fused-ring (bicyclic) bond motifs is 2. The Morgan fingerprint density at radius 1 is 1.09 bits per heavy atom. The van der Waals surface area contributed by atoms with Crippen molar-refractivity contribution in [2.75, 3.05) is 13.6 Å². The Morgan fingerprint density at radius 3 is 2.58 bits per heavy atom. The zero-order valence-corrected chi connectivity index (χ0v) is 21.4. The van der Waals surface area contributed by atoms with Gasteiger partial charge < -0.3 is 15.5 Å². The number of aromatic nitrogens is 1. The Balaban J connectivity index is 0.00000259. The summed E-state index contributed by atoms with van der Waals surface area (Å²) in [5.41, 5.74) is 1.05. The van der Waals surface area contributed by atoms with Crippen LogP contribution in [0.3, 0.4) is 0 Å². The van der Waals surface area contributed by atoms with E-state index in [1.807, 2.05) is 24.3 Å². The number of hydrogen-bond donors (Lipinski definition) is 2. The van der Waals surface area contributed by atoms with Gasteiger partial charge in [0.1, 0.15) is 0 Å². The number of hydrogen-bond acceptors (Lipinski definition) is 6. The highest BCUT2D eigenvalue weighted by molar-refractivity contribution is 7.20. The second-order valence-corrected chi connectivity index (χ2v) is 11.2. The van der Waals surface area contributed by atoms with E-state index < -0.39 is 0 Å². The van der Waals surface area contributed by atoms with Crippen molar-refractivity contribution in [3.8, 4) is 0 Å². The molecule has 1 aliphatic carbocycles. The molecule has 1 aliphatic heterocycles. The molecule has 2 amide bonds. The van der Waals surface area contributed by atoms with Crippen LogP contribution in [0.5, 0.6) is 0 Å². The highest BCUT2D eigenvalue weighted by atomic mass is 35.5. The fraction of sp³-hybridized carbons (Fsp3) is 0.435. The molecule has 10 heteroatoms. The lowest BCUT2D eigenvalue weighted by molar-refractivity contribution is 0.0864. The summed E-state index contributed by atoms with van der Waals surface area (Å²) in [5, 5.41) is 8.54. The Kier molecular flexibility index (Phi) is 7.60.